The number of benzene rings is 3. The van der Waals surface area contributed by atoms with Gasteiger partial charge in [0.15, 0.2) is 0 Å². The van der Waals surface area contributed by atoms with Crippen LogP contribution < -0.4 is 4.74 Å². The molecule has 7 heteroatoms. The summed E-state index contributed by atoms with van der Waals surface area (Å²) in [5, 5.41) is 0.650. The van der Waals surface area contributed by atoms with Gasteiger partial charge in [0.1, 0.15) is 5.75 Å². The molecular formula is C30H32BrClN2O3. The number of halogens is 2. The number of rotatable bonds is 9. The molecule has 2 amide bonds. The van der Waals surface area contributed by atoms with Gasteiger partial charge in [-0.2, -0.15) is 0 Å². The van der Waals surface area contributed by atoms with Crippen LogP contribution in [0.1, 0.15) is 30.4 Å². The molecule has 0 bridgehead atoms. The van der Waals surface area contributed by atoms with E-state index in [0.717, 1.165) is 21.3 Å². The van der Waals surface area contributed by atoms with Crippen molar-refractivity contribution in [3.05, 3.63) is 99.5 Å². The topological polar surface area (TPSA) is 49.9 Å². The number of likely N-dealkylation sites (tertiary alicyclic amines) is 1. The zero-order valence-electron chi connectivity index (χ0n) is 21.0. The first kappa shape index (κ1) is 27.2. The Balaban J connectivity index is 1.42. The summed E-state index contributed by atoms with van der Waals surface area (Å²) in [6.07, 6.45) is 2.13. The van der Waals surface area contributed by atoms with Crippen molar-refractivity contribution in [2.45, 2.75) is 32.2 Å². The Kier molecular flexibility index (Phi) is 9.28. The predicted molar refractivity (Wildman–Crippen MR) is 151 cm³/mol. The molecule has 4 rings (SSSR count). The molecule has 1 aliphatic rings. The lowest BCUT2D eigenvalue weighted by molar-refractivity contribution is -0.137. The Bertz CT molecular complexity index is 1190. The average Bonchev–Trinajstić information content (AvgIpc) is 2.90. The standard InChI is InChI=1S/C30H32BrClN2O3/c1-33(21-23-7-3-2-4-8-23)29(36)20-30(22-37-26-13-11-25(32)12-14-26)15-17-34(18-16-30)28(35)19-24-9-5-6-10-27(24)31/h2-14H,15-22H2,1H3. The molecule has 0 aromatic heterocycles. The van der Waals surface area contributed by atoms with E-state index in [0.29, 0.717) is 56.9 Å². The zero-order valence-corrected chi connectivity index (χ0v) is 23.4. The maximum atomic E-state index is 13.3. The molecule has 37 heavy (non-hydrogen) atoms. The van der Waals surface area contributed by atoms with Gasteiger partial charge >= 0.3 is 0 Å². The van der Waals surface area contributed by atoms with E-state index < -0.39 is 0 Å². The van der Waals surface area contributed by atoms with Crippen molar-refractivity contribution >= 4 is 39.3 Å². The summed E-state index contributed by atoms with van der Waals surface area (Å²) in [5.74, 6) is 0.907. The molecule has 1 aliphatic heterocycles. The van der Waals surface area contributed by atoms with E-state index >= 15 is 0 Å². The third-order valence-corrected chi connectivity index (χ3v) is 8.08. The number of piperidine rings is 1. The Labute approximate surface area is 232 Å². The summed E-state index contributed by atoms with van der Waals surface area (Å²) in [6, 6.07) is 25.1. The quantitative estimate of drug-likeness (QED) is 0.294. The third-order valence-electron chi connectivity index (χ3n) is 7.05. The second-order valence-corrected chi connectivity index (χ2v) is 11.1. The van der Waals surface area contributed by atoms with Crippen molar-refractivity contribution in [1.29, 1.82) is 0 Å². The van der Waals surface area contributed by atoms with Crippen LogP contribution in [0.4, 0.5) is 0 Å². The minimum absolute atomic E-state index is 0.0801. The summed E-state index contributed by atoms with van der Waals surface area (Å²) in [5.41, 5.74) is 1.72. The Morgan fingerprint density at radius 1 is 0.973 bits per heavy atom. The van der Waals surface area contributed by atoms with Crippen LogP contribution in [0, 0.1) is 5.41 Å². The lowest BCUT2D eigenvalue weighted by Crippen LogP contribution is -2.48. The van der Waals surface area contributed by atoms with Crippen LogP contribution in [0.5, 0.6) is 5.75 Å². The van der Waals surface area contributed by atoms with E-state index in [1.165, 1.54) is 0 Å². The smallest absolute Gasteiger partial charge is 0.227 e. The lowest BCUT2D eigenvalue weighted by Gasteiger charge is -2.42. The minimum atomic E-state index is -0.355. The molecule has 1 fully saturated rings. The highest BCUT2D eigenvalue weighted by Crippen LogP contribution is 2.37. The van der Waals surface area contributed by atoms with Gasteiger partial charge in [-0.05, 0) is 54.3 Å². The summed E-state index contributed by atoms with van der Waals surface area (Å²) in [7, 11) is 1.85. The van der Waals surface area contributed by atoms with Gasteiger partial charge in [0.25, 0.3) is 0 Å². The monoisotopic (exact) mass is 582 g/mol. The summed E-state index contributed by atoms with van der Waals surface area (Å²) >= 11 is 9.57. The van der Waals surface area contributed by atoms with E-state index in [-0.39, 0.29) is 17.2 Å². The second kappa shape index (κ2) is 12.6. The number of amides is 2. The molecule has 1 saturated heterocycles. The number of carbonyl (C=O) groups excluding carboxylic acids is 2. The molecule has 0 aliphatic carbocycles. The normalized spacial score (nSPS) is 14.7. The molecule has 3 aromatic carbocycles. The molecule has 0 spiro atoms. The first-order valence-corrected chi connectivity index (χ1v) is 13.7. The molecule has 194 valence electrons. The van der Waals surface area contributed by atoms with Crippen molar-refractivity contribution in [3.63, 3.8) is 0 Å². The van der Waals surface area contributed by atoms with Gasteiger partial charge in [-0.3, -0.25) is 9.59 Å². The maximum Gasteiger partial charge on any atom is 0.227 e. The van der Waals surface area contributed by atoms with Gasteiger partial charge in [-0.15, -0.1) is 0 Å². The molecule has 5 nitrogen and oxygen atoms in total. The minimum Gasteiger partial charge on any atom is -0.493 e. The van der Waals surface area contributed by atoms with Gasteiger partial charge in [0, 0.05) is 48.0 Å². The number of nitrogens with zero attached hydrogens (tertiary/aromatic N) is 2. The molecule has 0 N–H and O–H groups in total. The lowest BCUT2D eigenvalue weighted by atomic mass is 9.75. The predicted octanol–water partition coefficient (Wildman–Crippen LogP) is 6.38. The first-order chi connectivity index (χ1) is 17.8. The van der Waals surface area contributed by atoms with E-state index in [4.69, 9.17) is 16.3 Å². The van der Waals surface area contributed by atoms with E-state index in [1.54, 1.807) is 17.0 Å². The van der Waals surface area contributed by atoms with Crippen molar-refractivity contribution < 1.29 is 14.3 Å². The largest absolute Gasteiger partial charge is 0.493 e. The van der Waals surface area contributed by atoms with Crippen molar-refractivity contribution in [2.75, 3.05) is 26.7 Å². The SMILES string of the molecule is CN(Cc1ccccc1)C(=O)CC1(COc2ccc(Cl)cc2)CCN(C(=O)Cc2ccccc2Br)CC1. The first-order valence-electron chi connectivity index (χ1n) is 12.5. The number of hydrogen-bond donors (Lipinski definition) is 0. The molecule has 3 aromatic rings. The summed E-state index contributed by atoms with van der Waals surface area (Å²) in [4.78, 5) is 30.1. The summed E-state index contributed by atoms with van der Waals surface area (Å²) in [6.45, 7) is 2.17. The molecule has 0 atom stereocenters. The maximum absolute atomic E-state index is 13.3. The van der Waals surface area contributed by atoms with Crippen LogP contribution >= 0.6 is 27.5 Å². The molecule has 0 saturated carbocycles. The number of carbonyl (C=O) groups is 2. The van der Waals surface area contributed by atoms with Gasteiger partial charge in [-0.25, -0.2) is 0 Å². The fourth-order valence-corrected chi connectivity index (χ4v) is 5.24. The third kappa shape index (κ3) is 7.59. The molecule has 0 unspecified atom stereocenters. The van der Waals surface area contributed by atoms with Crippen LogP contribution in [-0.2, 0) is 22.6 Å². The Morgan fingerprint density at radius 2 is 1.62 bits per heavy atom. The Hall–Kier alpha value is -2.83. The van der Waals surface area contributed by atoms with Gasteiger partial charge in [0.2, 0.25) is 11.8 Å². The van der Waals surface area contributed by atoms with Crippen molar-refractivity contribution in [1.82, 2.24) is 9.80 Å². The van der Waals surface area contributed by atoms with Crippen LogP contribution in [0.15, 0.2) is 83.3 Å². The Morgan fingerprint density at radius 3 is 2.30 bits per heavy atom. The number of ether oxygens (including phenoxy) is 1. The van der Waals surface area contributed by atoms with Gasteiger partial charge < -0.3 is 14.5 Å². The fourth-order valence-electron chi connectivity index (χ4n) is 4.69. The highest BCUT2D eigenvalue weighted by Gasteiger charge is 2.39. The van der Waals surface area contributed by atoms with Gasteiger partial charge in [0.05, 0.1) is 13.0 Å². The van der Waals surface area contributed by atoms with Crippen molar-refractivity contribution in [3.8, 4) is 5.75 Å². The van der Waals surface area contributed by atoms with Crippen LogP contribution in [-0.4, -0.2) is 48.4 Å². The molecular weight excluding hydrogens is 552 g/mol. The highest BCUT2D eigenvalue weighted by atomic mass is 79.9. The molecule has 0 radical (unpaired) electrons. The fraction of sp³-hybridized carbons (Fsp3) is 0.333. The number of hydrogen-bond acceptors (Lipinski definition) is 3. The van der Waals surface area contributed by atoms with E-state index in [2.05, 4.69) is 15.9 Å². The van der Waals surface area contributed by atoms with Crippen LogP contribution in [0.3, 0.4) is 0 Å². The van der Waals surface area contributed by atoms with E-state index in [1.807, 2.05) is 78.7 Å². The zero-order chi connectivity index (χ0) is 26.3. The van der Waals surface area contributed by atoms with Crippen LogP contribution in [0.25, 0.3) is 0 Å². The van der Waals surface area contributed by atoms with Crippen LogP contribution in [0.2, 0.25) is 5.02 Å². The molecule has 1 heterocycles. The van der Waals surface area contributed by atoms with Crippen molar-refractivity contribution in [2.24, 2.45) is 5.41 Å². The highest BCUT2D eigenvalue weighted by molar-refractivity contribution is 9.10. The summed E-state index contributed by atoms with van der Waals surface area (Å²) < 4.78 is 7.11. The average molecular weight is 584 g/mol. The van der Waals surface area contributed by atoms with Gasteiger partial charge in [-0.1, -0.05) is 76.1 Å². The van der Waals surface area contributed by atoms with E-state index in [9.17, 15) is 9.59 Å². The second-order valence-electron chi connectivity index (χ2n) is 9.80.